The van der Waals surface area contributed by atoms with Gasteiger partial charge in [-0.15, -0.1) is 0 Å². The first-order valence-corrected chi connectivity index (χ1v) is 16.9. The molecule has 4 heteroatoms. The van der Waals surface area contributed by atoms with Crippen molar-refractivity contribution in [3.05, 3.63) is 48.5 Å². The Hall–Kier alpha value is 0.219. The number of fused-ring (bicyclic) bond motifs is 2. The van der Waals surface area contributed by atoms with E-state index in [1.807, 2.05) is 12.1 Å². The third-order valence-corrected chi connectivity index (χ3v) is 16.1. The molecule has 1 heterocycles. The van der Waals surface area contributed by atoms with Crippen LogP contribution in [0.25, 0.3) is 0 Å². The zero-order valence-electron chi connectivity index (χ0n) is 8.19. The molecule has 1 aliphatic rings. The number of rotatable bonds is 0. The Morgan fingerprint density at radius 2 is 1.19 bits per heavy atom. The topological polar surface area (TPSA) is 9.23 Å². The van der Waals surface area contributed by atoms with E-state index < -0.39 is 6.35 Å². The first-order valence-electron chi connectivity index (χ1n) is 4.78. The van der Waals surface area contributed by atoms with E-state index in [9.17, 15) is 0 Å². The molecule has 0 spiro atoms. The normalized spacial score (nSPS) is 17.9. The summed E-state index contributed by atoms with van der Waals surface area (Å²) >= 11 is 5.27. The van der Waals surface area contributed by atoms with Crippen molar-refractivity contribution in [2.75, 3.05) is 0 Å². The molecule has 1 aliphatic heterocycles. The quantitative estimate of drug-likeness (QED) is 0.399. The van der Waals surface area contributed by atoms with Gasteiger partial charge in [0.15, 0.2) is 0 Å². The van der Waals surface area contributed by atoms with Gasteiger partial charge in [0.2, 0.25) is 0 Å². The third-order valence-electron chi connectivity index (χ3n) is 2.47. The fourth-order valence-electron chi connectivity index (χ4n) is 1.73. The van der Waals surface area contributed by atoms with E-state index in [0.29, 0.717) is 0 Å². The van der Waals surface area contributed by atoms with Gasteiger partial charge in [-0.05, 0) is 0 Å². The van der Waals surface area contributed by atoms with Crippen LogP contribution < -0.4 is 13.7 Å². The molecule has 0 N–H and O–H groups in total. The number of halogens is 2. The van der Waals surface area contributed by atoms with E-state index in [1.165, 1.54) is 8.92 Å². The van der Waals surface area contributed by atoms with Gasteiger partial charge in [-0.3, -0.25) is 0 Å². The Balaban J connectivity index is 2.28. The van der Waals surface area contributed by atoms with Gasteiger partial charge in [0.1, 0.15) is 0 Å². The molecule has 16 heavy (non-hydrogen) atoms. The molecule has 3 rings (SSSR count). The molecular formula is C12H8I2OSe. The minimum atomic E-state index is -1.81. The van der Waals surface area contributed by atoms with E-state index in [0.717, 1.165) is 11.5 Å². The van der Waals surface area contributed by atoms with Crippen LogP contribution in [0.3, 0.4) is 0 Å². The van der Waals surface area contributed by atoms with Crippen molar-refractivity contribution in [2.24, 2.45) is 0 Å². The second kappa shape index (κ2) is 4.15. The number of ether oxygens (including phenoxy) is 1. The van der Waals surface area contributed by atoms with Crippen LogP contribution in [0.15, 0.2) is 48.5 Å². The van der Waals surface area contributed by atoms with E-state index >= 15 is 0 Å². The summed E-state index contributed by atoms with van der Waals surface area (Å²) in [6, 6.07) is 16.8. The van der Waals surface area contributed by atoms with Gasteiger partial charge in [-0.25, -0.2) is 0 Å². The summed E-state index contributed by atoms with van der Waals surface area (Å²) in [5.41, 5.74) is 0. The van der Waals surface area contributed by atoms with Gasteiger partial charge in [0.05, 0.1) is 0 Å². The van der Waals surface area contributed by atoms with Gasteiger partial charge in [0.25, 0.3) is 0 Å². The molecule has 2 aromatic rings. The van der Waals surface area contributed by atoms with Crippen molar-refractivity contribution < 1.29 is 4.74 Å². The van der Waals surface area contributed by atoms with Crippen molar-refractivity contribution in [3.63, 3.8) is 0 Å². The van der Waals surface area contributed by atoms with Crippen LogP contribution in [0.1, 0.15) is 0 Å². The van der Waals surface area contributed by atoms with Crippen LogP contribution in [0.5, 0.6) is 11.5 Å². The van der Waals surface area contributed by atoms with Crippen LogP contribution in [-0.2, 0) is 0 Å². The third kappa shape index (κ3) is 1.70. The molecule has 1 nitrogen and oxygen atoms in total. The zero-order valence-corrected chi connectivity index (χ0v) is 14.2. The predicted octanol–water partition coefficient (Wildman–Crippen LogP) is 3.22. The first-order chi connectivity index (χ1) is 7.69. The number of para-hydroxylation sites is 2. The first kappa shape index (κ1) is 11.3. The van der Waals surface area contributed by atoms with Crippen molar-refractivity contribution >= 4 is 56.0 Å². The van der Waals surface area contributed by atoms with Crippen LogP contribution in [0, 0.1) is 0 Å². The molecule has 0 saturated heterocycles. The van der Waals surface area contributed by atoms with Crippen molar-refractivity contribution in [1.82, 2.24) is 0 Å². The van der Waals surface area contributed by atoms with E-state index in [4.69, 9.17) is 4.74 Å². The van der Waals surface area contributed by atoms with Gasteiger partial charge in [0, 0.05) is 0 Å². The molecule has 0 bridgehead atoms. The van der Waals surface area contributed by atoms with Crippen LogP contribution in [0.4, 0.5) is 0 Å². The van der Waals surface area contributed by atoms with E-state index in [2.05, 4.69) is 77.1 Å². The van der Waals surface area contributed by atoms with Gasteiger partial charge in [-0.2, -0.15) is 0 Å². The van der Waals surface area contributed by atoms with Crippen molar-refractivity contribution in [3.8, 4) is 11.5 Å². The summed E-state index contributed by atoms with van der Waals surface area (Å²) in [6.45, 7) is 0. The molecule has 0 amide bonds. The number of hydrogen-bond donors (Lipinski definition) is 0. The maximum absolute atomic E-state index is 5.94. The maximum atomic E-state index is 5.94. The monoisotopic (exact) mass is 502 g/mol. The summed E-state index contributed by atoms with van der Waals surface area (Å²) in [6.07, 6.45) is -1.81. The summed E-state index contributed by atoms with van der Waals surface area (Å²) in [7, 11) is 0. The fraction of sp³-hybridized carbons (Fsp3) is 0. The fourth-order valence-corrected chi connectivity index (χ4v) is 12.4. The van der Waals surface area contributed by atoms with Crippen LogP contribution >= 0.6 is 40.7 Å². The Kier molecular flexibility index (Phi) is 2.94. The molecule has 0 radical (unpaired) electrons. The number of benzene rings is 2. The van der Waals surface area contributed by atoms with Crippen LogP contribution in [0.2, 0.25) is 0 Å². The van der Waals surface area contributed by atoms with Crippen LogP contribution in [-0.4, -0.2) is 6.35 Å². The summed E-state index contributed by atoms with van der Waals surface area (Å²) in [5.74, 6) is 2.06. The Bertz CT molecular complexity index is 507. The van der Waals surface area contributed by atoms with Gasteiger partial charge < -0.3 is 0 Å². The summed E-state index contributed by atoms with van der Waals surface area (Å²) in [4.78, 5) is 0. The van der Waals surface area contributed by atoms with Gasteiger partial charge >= 0.3 is 121 Å². The molecule has 0 saturated carbocycles. The number of hydrogen-bond acceptors (Lipinski definition) is 1. The SMILES string of the molecule is I[Se]1(I)c2ccccc2Oc2ccccc21. The predicted molar refractivity (Wildman–Crippen MR) is 86.0 cm³/mol. The second-order valence-electron chi connectivity index (χ2n) is 3.46. The molecule has 82 valence electrons. The Labute approximate surface area is 119 Å². The minimum absolute atomic E-state index is 1.03. The van der Waals surface area contributed by atoms with Crippen molar-refractivity contribution in [2.45, 2.75) is 0 Å². The van der Waals surface area contributed by atoms with Crippen molar-refractivity contribution in [1.29, 1.82) is 0 Å². The summed E-state index contributed by atoms with van der Waals surface area (Å²) in [5, 5.41) is 0. The second-order valence-corrected chi connectivity index (χ2v) is 29.8. The average molecular weight is 501 g/mol. The molecule has 0 unspecified atom stereocenters. The molecule has 2 aromatic carbocycles. The standard InChI is InChI=1S/C12H8I2OSe/c13-16(14)11-7-3-1-5-9(11)15-10-6-2-4-8-12(10)16/h1-8H. The molecular weight excluding hydrogens is 493 g/mol. The molecule has 0 aromatic heterocycles. The summed E-state index contributed by atoms with van der Waals surface area (Å²) < 4.78 is 8.72. The average Bonchev–Trinajstić information content (AvgIpc) is 2.29. The molecule has 0 aliphatic carbocycles. The van der Waals surface area contributed by atoms with E-state index in [-0.39, 0.29) is 0 Å². The molecule has 0 fully saturated rings. The van der Waals surface area contributed by atoms with Gasteiger partial charge in [-0.1, -0.05) is 0 Å². The molecule has 0 atom stereocenters. The Morgan fingerprint density at radius 1 is 0.750 bits per heavy atom. The zero-order chi connectivity index (χ0) is 11.2. The van der Waals surface area contributed by atoms with E-state index in [1.54, 1.807) is 0 Å². The Morgan fingerprint density at radius 3 is 1.69 bits per heavy atom.